The largest absolute Gasteiger partial charge is 0.337 e. The van der Waals surface area contributed by atoms with Crippen molar-refractivity contribution in [1.82, 2.24) is 9.88 Å². The topological polar surface area (TPSA) is 59.2 Å². The average Bonchev–Trinajstić information content (AvgIpc) is 3.07. The number of amides is 1. The Bertz CT molecular complexity index is 738. The lowest BCUT2D eigenvalue weighted by Gasteiger charge is -2.42. The molecule has 23 heavy (non-hydrogen) atoms. The molecule has 124 valence electrons. The number of nitrogens with zero attached hydrogens (tertiary/aromatic N) is 2. The highest BCUT2D eigenvalue weighted by molar-refractivity contribution is 7.24. The first kappa shape index (κ1) is 16.9. The SMILES string of the molecule is Cc1nc(-c2ccc(Cl)s2)sc1C(=O)N1CCC(N)C(C)(C)C1. The molecule has 2 N–H and O–H groups in total. The van der Waals surface area contributed by atoms with Crippen molar-refractivity contribution in [3.05, 3.63) is 27.0 Å². The van der Waals surface area contributed by atoms with Gasteiger partial charge in [0.1, 0.15) is 9.88 Å². The minimum atomic E-state index is -0.0589. The van der Waals surface area contributed by atoms with E-state index in [1.54, 1.807) is 0 Å². The molecule has 7 heteroatoms. The van der Waals surface area contributed by atoms with E-state index in [4.69, 9.17) is 17.3 Å². The first-order chi connectivity index (χ1) is 10.8. The normalized spacial score (nSPS) is 20.7. The molecular formula is C16H20ClN3OS2. The molecule has 1 saturated heterocycles. The van der Waals surface area contributed by atoms with Gasteiger partial charge in [-0.25, -0.2) is 4.98 Å². The van der Waals surface area contributed by atoms with E-state index >= 15 is 0 Å². The molecule has 0 bridgehead atoms. The van der Waals surface area contributed by atoms with E-state index in [1.807, 2.05) is 24.0 Å². The summed E-state index contributed by atoms with van der Waals surface area (Å²) >= 11 is 8.92. The minimum absolute atomic E-state index is 0.0589. The number of hydrogen-bond acceptors (Lipinski definition) is 5. The van der Waals surface area contributed by atoms with Crippen LogP contribution < -0.4 is 5.73 Å². The number of thiazole rings is 1. The molecule has 0 spiro atoms. The predicted molar refractivity (Wildman–Crippen MR) is 97.5 cm³/mol. The van der Waals surface area contributed by atoms with Crippen LogP contribution in [-0.2, 0) is 0 Å². The average molecular weight is 370 g/mol. The van der Waals surface area contributed by atoms with Crippen LogP contribution in [0.5, 0.6) is 0 Å². The summed E-state index contributed by atoms with van der Waals surface area (Å²) in [5.41, 5.74) is 6.89. The number of nitrogens with two attached hydrogens (primary N) is 1. The summed E-state index contributed by atoms with van der Waals surface area (Å²) in [5, 5.41) is 0.857. The predicted octanol–water partition coefficient (Wildman–Crippen LogP) is 4.03. The third-order valence-corrected chi connectivity index (χ3v) is 6.92. The Balaban J connectivity index is 1.84. The van der Waals surface area contributed by atoms with Gasteiger partial charge >= 0.3 is 0 Å². The minimum Gasteiger partial charge on any atom is -0.337 e. The zero-order valence-corrected chi connectivity index (χ0v) is 15.8. The molecule has 2 aromatic rings. The third kappa shape index (κ3) is 3.31. The lowest BCUT2D eigenvalue weighted by atomic mass is 9.79. The smallest absolute Gasteiger partial charge is 0.265 e. The second-order valence-corrected chi connectivity index (χ2v) is 9.36. The third-order valence-electron chi connectivity index (χ3n) is 4.37. The molecule has 1 aliphatic rings. The number of rotatable bonds is 2. The molecule has 1 aliphatic heterocycles. The van der Waals surface area contributed by atoms with Crippen LogP contribution in [0, 0.1) is 12.3 Å². The van der Waals surface area contributed by atoms with Crippen molar-refractivity contribution in [2.24, 2.45) is 11.1 Å². The van der Waals surface area contributed by atoms with Crippen molar-refractivity contribution >= 4 is 40.2 Å². The molecule has 4 nitrogen and oxygen atoms in total. The number of aromatic nitrogens is 1. The van der Waals surface area contributed by atoms with Crippen molar-refractivity contribution in [1.29, 1.82) is 0 Å². The molecule has 1 fully saturated rings. The van der Waals surface area contributed by atoms with Gasteiger partial charge in [0.25, 0.3) is 5.91 Å². The quantitative estimate of drug-likeness (QED) is 0.869. The summed E-state index contributed by atoms with van der Waals surface area (Å²) in [5.74, 6) is 0.0638. The van der Waals surface area contributed by atoms with Gasteiger partial charge < -0.3 is 10.6 Å². The zero-order valence-electron chi connectivity index (χ0n) is 13.4. The molecule has 3 rings (SSSR count). The van der Waals surface area contributed by atoms with Gasteiger partial charge in [-0.15, -0.1) is 22.7 Å². The highest BCUT2D eigenvalue weighted by Crippen LogP contribution is 2.36. The molecule has 0 aromatic carbocycles. The lowest BCUT2D eigenvalue weighted by Crippen LogP contribution is -2.53. The van der Waals surface area contributed by atoms with Gasteiger partial charge in [0.05, 0.1) is 14.9 Å². The van der Waals surface area contributed by atoms with E-state index in [2.05, 4.69) is 18.8 Å². The second-order valence-electron chi connectivity index (χ2n) is 6.65. The summed E-state index contributed by atoms with van der Waals surface area (Å²) in [7, 11) is 0. The fraction of sp³-hybridized carbons (Fsp3) is 0.500. The molecular weight excluding hydrogens is 350 g/mol. The van der Waals surface area contributed by atoms with Crippen molar-refractivity contribution < 1.29 is 4.79 Å². The molecule has 0 aliphatic carbocycles. The first-order valence-electron chi connectivity index (χ1n) is 7.56. The van der Waals surface area contributed by atoms with Crippen LogP contribution >= 0.6 is 34.3 Å². The number of piperidine rings is 1. The Labute approximate surface area is 149 Å². The van der Waals surface area contributed by atoms with E-state index in [1.165, 1.54) is 22.7 Å². The van der Waals surface area contributed by atoms with E-state index in [0.29, 0.717) is 13.1 Å². The fourth-order valence-electron chi connectivity index (χ4n) is 2.82. The molecule has 3 heterocycles. The number of likely N-dealkylation sites (tertiary alicyclic amines) is 1. The molecule has 1 amide bonds. The number of aryl methyl sites for hydroxylation is 1. The Hall–Kier alpha value is -0.950. The Kier molecular flexibility index (Phi) is 4.53. The lowest BCUT2D eigenvalue weighted by molar-refractivity contribution is 0.0536. The maximum Gasteiger partial charge on any atom is 0.265 e. The van der Waals surface area contributed by atoms with E-state index in [0.717, 1.165) is 31.2 Å². The van der Waals surface area contributed by atoms with Gasteiger partial charge in [0.2, 0.25) is 0 Å². The molecule has 1 unspecified atom stereocenters. The Morgan fingerprint density at radius 1 is 1.43 bits per heavy atom. The van der Waals surface area contributed by atoms with Crippen LogP contribution in [0.25, 0.3) is 9.88 Å². The molecule has 0 saturated carbocycles. The molecule has 0 radical (unpaired) electrons. The van der Waals surface area contributed by atoms with E-state index in [-0.39, 0.29) is 17.4 Å². The van der Waals surface area contributed by atoms with Gasteiger partial charge in [-0.05, 0) is 30.9 Å². The number of carbonyl (C=O) groups excluding carboxylic acids is 1. The van der Waals surface area contributed by atoms with E-state index in [9.17, 15) is 4.79 Å². The van der Waals surface area contributed by atoms with Crippen molar-refractivity contribution in [2.45, 2.75) is 33.2 Å². The van der Waals surface area contributed by atoms with Crippen LogP contribution in [-0.4, -0.2) is 34.9 Å². The summed E-state index contributed by atoms with van der Waals surface area (Å²) in [4.78, 5) is 21.1. The summed E-state index contributed by atoms with van der Waals surface area (Å²) in [6, 6.07) is 3.94. The highest BCUT2D eigenvalue weighted by atomic mass is 35.5. The van der Waals surface area contributed by atoms with Crippen LogP contribution in [0.15, 0.2) is 12.1 Å². The molecule has 1 atom stereocenters. The van der Waals surface area contributed by atoms with E-state index < -0.39 is 0 Å². The highest BCUT2D eigenvalue weighted by Gasteiger charge is 2.36. The van der Waals surface area contributed by atoms with Crippen molar-refractivity contribution in [3.63, 3.8) is 0 Å². The van der Waals surface area contributed by atoms with Crippen molar-refractivity contribution in [2.75, 3.05) is 13.1 Å². The number of hydrogen-bond donors (Lipinski definition) is 1. The van der Waals surface area contributed by atoms with Crippen molar-refractivity contribution in [3.8, 4) is 9.88 Å². The monoisotopic (exact) mass is 369 g/mol. The van der Waals surface area contributed by atoms with Gasteiger partial charge in [-0.2, -0.15) is 0 Å². The maximum absolute atomic E-state index is 12.9. The summed E-state index contributed by atoms with van der Waals surface area (Å²) in [6.07, 6.45) is 0.837. The van der Waals surface area contributed by atoms with Gasteiger partial charge in [0.15, 0.2) is 0 Å². The summed E-state index contributed by atoms with van der Waals surface area (Å²) < 4.78 is 0.729. The molecule has 2 aromatic heterocycles. The second kappa shape index (κ2) is 6.16. The fourth-order valence-corrected chi connectivity index (χ4v) is 4.95. The van der Waals surface area contributed by atoms with Crippen LogP contribution in [0.4, 0.5) is 0 Å². The van der Waals surface area contributed by atoms with Crippen LogP contribution in [0.2, 0.25) is 4.34 Å². The first-order valence-corrected chi connectivity index (χ1v) is 9.57. The number of halogens is 1. The van der Waals surface area contributed by atoms with Gasteiger partial charge in [-0.1, -0.05) is 25.4 Å². The zero-order chi connectivity index (χ0) is 16.8. The number of thiophene rings is 1. The summed E-state index contributed by atoms with van der Waals surface area (Å²) in [6.45, 7) is 7.53. The van der Waals surface area contributed by atoms with Crippen LogP contribution in [0.3, 0.4) is 0 Å². The van der Waals surface area contributed by atoms with Crippen LogP contribution in [0.1, 0.15) is 35.6 Å². The maximum atomic E-state index is 12.9. The number of carbonyl (C=O) groups is 1. The van der Waals surface area contributed by atoms with Gasteiger partial charge in [-0.3, -0.25) is 4.79 Å². The Morgan fingerprint density at radius 3 is 2.78 bits per heavy atom. The standard InChI is InChI=1S/C16H20ClN3OS2/c1-9-13(23-14(19-9)10-4-5-12(17)22-10)15(21)20-7-6-11(18)16(2,3)8-20/h4-5,11H,6-8,18H2,1-3H3. The van der Waals surface area contributed by atoms with Gasteiger partial charge in [0, 0.05) is 19.1 Å². The Morgan fingerprint density at radius 2 is 2.17 bits per heavy atom.